The number of Topliss-reactive ketones (excluding diaryl/α,β-unsaturated/α-hetero) is 2. The number of amides is 3. The highest BCUT2D eigenvalue weighted by molar-refractivity contribution is 6.03. The molecule has 0 unspecified atom stereocenters. The summed E-state index contributed by atoms with van der Waals surface area (Å²) in [5.41, 5.74) is 0.562. The van der Waals surface area contributed by atoms with Crippen molar-refractivity contribution in [1.82, 2.24) is 20.9 Å². The van der Waals surface area contributed by atoms with Gasteiger partial charge in [-0.15, -0.1) is 0 Å². The third-order valence-electron chi connectivity index (χ3n) is 9.46. The van der Waals surface area contributed by atoms with Crippen molar-refractivity contribution in [1.29, 1.82) is 0 Å². The zero-order chi connectivity index (χ0) is 37.0. The number of carbonyl (C=O) groups is 5. The molecular formula is C40H56N4O7. The lowest BCUT2D eigenvalue weighted by atomic mass is 9.81. The fraction of sp³-hybridized carbons (Fsp3) is 0.575. The molecule has 11 heteroatoms. The van der Waals surface area contributed by atoms with Crippen LogP contribution in [0.5, 0.6) is 0 Å². The summed E-state index contributed by atoms with van der Waals surface area (Å²) in [5, 5.41) is 8.79. The van der Waals surface area contributed by atoms with Crippen LogP contribution >= 0.6 is 0 Å². The van der Waals surface area contributed by atoms with E-state index in [4.69, 9.17) is 9.47 Å². The minimum Gasteiger partial charge on any atom is -0.379 e. The molecule has 5 atom stereocenters. The van der Waals surface area contributed by atoms with E-state index in [-0.39, 0.29) is 42.3 Å². The Labute approximate surface area is 302 Å². The summed E-state index contributed by atoms with van der Waals surface area (Å²) in [7, 11) is 0. The Bertz CT molecular complexity index is 1460. The predicted octanol–water partition coefficient (Wildman–Crippen LogP) is 3.75. The Balaban J connectivity index is 1.54. The fourth-order valence-corrected chi connectivity index (χ4v) is 6.56. The van der Waals surface area contributed by atoms with Crippen LogP contribution in [0, 0.1) is 17.8 Å². The van der Waals surface area contributed by atoms with E-state index in [1.54, 1.807) is 31.2 Å². The second-order valence-corrected chi connectivity index (χ2v) is 15.0. The van der Waals surface area contributed by atoms with E-state index in [2.05, 4.69) is 16.0 Å². The van der Waals surface area contributed by atoms with Gasteiger partial charge >= 0.3 is 0 Å². The molecule has 3 amide bonds. The molecule has 51 heavy (non-hydrogen) atoms. The van der Waals surface area contributed by atoms with Crippen LogP contribution in [0.15, 0.2) is 60.7 Å². The summed E-state index contributed by atoms with van der Waals surface area (Å²) in [6.45, 7) is 12.5. The highest BCUT2D eigenvalue weighted by atomic mass is 16.6. The van der Waals surface area contributed by atoms with Crippen molar-refractivity contribution in [3.05, 3.63) is 71.8 Å². The number of carbonyl (C=O) groups excluding carboxylic acids is 5. The number of benzene rings is 2. The molecule has 0 saturated carbocycles. The van der Waals surface area contributed by atoms with E-state index >= 15 is 0 Å². The van der Waals surface area contributed by atoms with E-state index in [1.807, 2.05) is 69.0 Å². The van der Waals surface area contributed by atoms with Crippen LogP contribution in [-0.2, 0) is 35.1 Å². The highest BCUT2D eigenvalue weighted by Gasteiger charge is 2.50. The average molecular weight is 705 g/mol. The van der Waals surface area contributed by atoms with Gasteiger partial charge in [-0.2, -0.15) is 0 Å². The molecule has 2 aromatic rings. The first kappa shape index (κ1) is 39.8. The van der Waals surface area contributed by atoms with Crippen LogP contribution in [0.1, 0.15) is 76.2 Å². The summed E-state index contributed by atoms with van der Waals surface area (Å²) in [6, 6.07) is 15.5. The van der Waals surface area contributed by atoms with Gasteiger partial charge in [-0.1, -0.05) is 88.4 Å². The summed E-state index contributed by atoms with van der Waals surface area (Å²) >= 11 is 0. The molecule has 2 fully saturated rings. The van der Waals surface area contributed by atoms with Gasteiger partial charge in [-0.25, -0.2) is 0 Å². The lowest BCUT2D eigenvalue weighted by Gasteiger charge is -2.29. The standard InChI is InChI=1S/C40H56N4O7/c1-27(2)22-31(37(47)40(5)26-51-40)24-33(36(46)30-14-10-7-11-15-30)42-39(49)34(23-28(3)4)43-38(48)32(17-16-29-12-8-6-9-13-29)41-35(45)25-44-18-20-50-21-19-44/h6-15,27-28,31-34H,16-26H2,1-5H3,(H,41,45)(H,42,49)(H,43,48)/t31-,32-,33-,34-,40+/m0/s1. The van der Waals surface area contributed by atoms with Crippen molar-refractivity contribution in [3.63, 3.8) is 0 Å². The van der Waals surface area contributed by atoms with Crippen molar-refractivity contribution >= 4 is 29.3 Å². The molecule has 4 rings (SSSR count). The molecule has 11 nitrogen and oxygen atoms in total. The first-order valence-electron chi connectivity index (χ1n) is 18.4. The highest BCUT2D eigenvalue weighted by Crippen LogP contribution is 2.34. The minimum atomic E-state index is -1.01. The number of hydrogen-bond acceptors (Lipinski definition) is 8. The maximum absolute atomic E-state index is 14.1. The van der Waals surface area contributed by atoms with Crippen LogP contribution in [0.2, 0.25) is 0 Å². The maximum Gasteiger partial charge on any atom is 0.243 e. The molecule has 2 aliphatic rings. The molecule has 0 bridgehead atoms. The van der Waals surface area contributed by atoms with Crippen LogP contribution in [0.3, 0.4) is 0 Å². The Kier molecular flexibility index (Phi) is 14.9. The Morgan fingerprint density at radius 1 is 0.745 bits per heavy atom. The van der Waals surface area contributed by atoms with Crippen molar-refractivity contribution in [3.8, 4) is 0 Å². The molecule has 278 valence electrons. The molecule has 0 aromatic heterocycles. The molecule has 3 N–H and O–H groups in total. The molecule has 0 radical (unpaired) electrons. The first-order valence-corrected chi connectivity index (χ1v) is 18.4. The largest absolute Gasteiger partial charge is 0.379 e. The van der Waals surface area contributed by atoms with Crippen molar-refractivity contribution in [2.24, 2.45) is 17.8 Å². The number of ether oxygens (including phenoxy) is 2. The Morgan fingerprint density at radius 2 is 1.31 bits per heavy atom. The molecule has 2 aliphatic heterocycles. The van der Waals surface area contributed by atoms with Crippen molar-refractivity contribution in [2.75, 3.05) is 39.5 Å². The minimum absolute atomic E-state index is 0.0187. The molecule has 0 spiro atoms. The number of rotatable bonds is 20. The molecule has 2 aromatic carbocycles. The first-order chi connectivity index (χ1) is 24.3. The topological polar surface area (TPSA) is 146 Å². The third-order valence-corrected chi connectivity index (χ3v) is 9.46. The number of nitrogens with one attached hydrogen (secondary N) is 3. The van der Waals surface area contributed by atoms with E-state index in [1.165, 1.54) is 0 Å². The number of ketones is 2. The van der Waals surface area contributed by atoms with E-state index in [0.29, 0.717) is 64.2 Å². The van der Waals surface area contributed by atoms with Gasteiger partial charge in [0.05, 0.1) is 32.4 Å². The van der Waals surface area contributed by atoms with Gasteiger partial charge in [-0.05, 0) is 56.4 Å². The molecular weight excluding hydrogens is 648 g/mol. The maximum atomic E-state index is 14.1. The lowest BCUT2D eigenvalue weighted by molar-refractivity contribution is -0.133. The second-order valence-electron chi connectivity index (χ2n) is 15.0. The summed E-state index contributed by atoms with van der Waals surface area (Å²) in [5.74, 6) is -1.98. The van der Waals surface area contributed by atoms with Crippen LogP contribution < -0.4 is 16.0 Å². The van der Waals surface area contributed by atoms with Crippen molar-refractivity contribution in [2.45, 2.75) is 90.4 Å². The SMILES string of the molecule is CC(C)C[C@@H](C[C@H](NC(=O)[C@H](CC(C)C)NC(=O)[C@H](CCc1ccccc1)NC(=O)CN1CCOCC1)C(=O)c1ccccc1)C(=O)[C@@]1(C)CO1. The predicted molar refractivity (Wildman–Crippen MR) is 195 cm³/mol. The average Bonchev–Trinajstić information content (AvgIpc) is 3.87. The van der Waals surface area contributed by atoms with Gasteiger partial charge in [0, 0.05) is 24.6 Å². The van der Waals surface area contributed by atoms with Crippen LogP contribution in [0.4, 0.5) is 0 Å². The summed E-state index contributed by atoms with van der Waals surface area (Å²) < 4.78 is 10.9. The number of epoxide rings is 1. The summed E-state index contributed by atoms with van der Waals surface area (Å²) in [6.07, 6.45) is 1.81. The lowest BCUT2D eigenvalue weighted by Crippen LogP contribution is -2.57. The monoisotopic (exact) mass is 704 g/mol. The van der Waals surface area contributed by atoms with Crippen molar-refractivity contribution < 1.29 is 33.4 Å². The van der Waals surface area contributed by atoms with Gasteiger partial charge in [0.1, 0.15) is 17.7 Å². The summed E-state index contributed by atoms with van der Waals surface area (Å²) in [4.78, 5) is 70.8. The Morgan fingerprint density at radius 3 is 1.90 bits per heavy atom. The van der Waals surface area contributed by atoms with Gasteiger partial charge in [0.15, 0.2) is 11.6 Å². The molecule has 2 saturated heterocycles. The van der Waals surface area contributed by atoms with E-state index < -0.39 is 41.5 Å². The Hall–Kier alpha value is -3.93. The third kappa shape index (κ3) is 12.7. The quantitative estimate of drug-likeness (QED) is 0.140. The smallest absolute Gasteiger partial charge is 0.243 e. The van der Waals surface area contributed by atoms with Gasteiger partial charge in [0.25, 0.3) is 0 Å². The zero-order valence-corrected chi connectivity index (χ0v) is 30.8. The zero-order valence-electron chi connectivity index (χ0n) is 30.8. The van der Waals surface area contributed by atoms with Crippen LogP contribution in [0.25, 0.3) is 0 Å². The van der Waals surface area contributed by atoms with Gasteiger partial charge in [0.2, 0.25) is 17.7 Å². The number of nitrogens with zero attached hydrogens (tertiary/aromatic N) is 1. The van der Waals surface area contributed by atoms with Crippen LogP contribution in [-0.4, -0.2) is 97.4 Å². The van der Waals surface area contributed by atoms with E-state index in [9.17, 15) is 24.0 Å². The van der Waals surface area contributed by atoms with Gasteiger partial charge in [-0.3, -0.25) is 28.9 Å². The molecule has 2 heterocycles. The normalized spacial score (nSPS) is 19.8. The second kappa shape index (κ2) is 19.1. The number of aryl methyl sites for hydroxylation is 1. The number of hydrogen-bond donors (Lipinski definition) is 3. The van der Waals surface area contributed by atoms with Gasteiger partial charge < -0.3 is 25.4 Å². The fourth-order valence-electron chi connectivity index (χ4n) is 6.56. The van der Waals surface area contributed by atoms with E-state index in [0.717, 1.165) is 5.56 Å². The molecule has 0 aliphatic carbocycles. The number of morpholine rings is 1.